The number of esters is 1. The molecule has 1 amide bonds. The number of carbonyl (C=O) groups excluding carboxylic acids is 2. The van der Waals surface area contributed by atoms with Gasteiger partial charge in [0.2, 0.25) is 0 Å². The summed E-state index contributed by atoms with van der Waals surface area (Å²) in [6, 6.07) is 4.13. The van der Waals surface area contributed by atoms with Gasteiger partial charge in [0, 0.05) is 18.2 Å². The van der Waals surface area contributed by atoms with Gasteiger partial charge in [-0.05, 0) is 26.3 Å². The van der Waals surface area contributed by atoms with Crippen molar-refractivity contribution < 1.29 is 19.2 Å². The molecule has 1 aromatic carbocycles. The first kappa shape index (κ1) is 16.4. The maximum atomic E-state index is 11.7. The lowest BCUT2D eigenvalue weighted by Gasteiger charge is -2.08. The zero-order valence-electron chi connectivity index (χ0n) is 12.0. The molecule has 112 valence electrons. The number of anilines is 1. The molecule has 1 N–H and O–H groups in total. The van der Waals surface area contributed by atoms with Crippen LogP contribution in [0, 0.1) is 17.0 Å². The lowest BCUT2D eigenvalue weighted by atomic mass is 10.2. The van der Waals surface area contributed by atoms with Gasteiger partial charge >= 0.3 is 5.97 Å². The number of rotatable bonds is 5. The van der Waals surface area contributed by atoms with Crippen molar-refractivity contribution in [1.29, 1.82) is 0 Å². The highest BCUT2D eigenvalue weighted by Crippen LogP contribution is 2.21. The van der Waals surface area contributed by atoms with E-state index in [1.165, 1.54) is 24.3 Å². The van der Waals surface area contributed by atoms with Crippen molar-refractivity contribution in [3.63, 3.8) is 0 Å². The van der Waals surface area contributed by atoms with Gasteiger partial charge in [0.15, 0.2) is 6.61 Å². The normalized spacial score (nSPS) is 9.67. The first-order valence-corrected chi connectivity index (χ1v) is 6.16. The molecule has 0 heterocycles. The number of nitro groups is 1. The van der Waals surface area contributed by atoms with Crippen LogP contribution >= 0.6 is 0 Å². The number of nitro benzene ring substituents is 1. The Kier molecular flexibility index (Phi) is 5.59. The van der Waals surface area contributed by atoms with E-state index in [4.69, 9.17) is 4.74 Å². The molecule has 0 atom stereocenters. The average molecular weight is 292 g/mol. The maximum absolute atomic E-state index is 11.7. The number of non-ortho nitro benzene ring substituents is 1. The van der Waals surface area contributed by atoms with Gasteiger partial charge in [-0.15, -0.1) is 0 Å². The Labute approximate surface area is 121 Å². The quantitative estimate of drug-likeness (QED) is 0.389. The summed E-state index contributed by atoms with van der Waals surface area (Å²) in [5.41, 5.74) is 1.62. The summed E-state index contributed by atoms with van der Waals surface area (Å²) in [6.07, 6.45) is 1.27. The maximum Gasteiger partial charge on any atom is 0.331 e. The molecule has 0 spiro atoms. The highest BCUT2D eigenvalue weighted by atomic mass is 16.6. The summed E-state index contributed by atoms with van der Waals surface area (Å²) in [7, 11) is 0. The summed E-state index contributed by atoms with van der Waals surface area (Å²) in [5, 5.41) is 13.2. The van der Waals surface area contributed by atoms with Crippen molar-refractivity contribution in [2.75, 3.05) is 11.9 Å². The van der Waals surface area contributed by atoms with E-state index in [0.29, 0.717) is 11.3 Å². The predicted molar refractivity (Wildman–Crippen MR) is 76.9 cm³/mol. The molecular formula is C14H16N2O5. The molecule has 0 bridgehead atoms. The molecule has 0 aromatic heterocycles. The number of allylic oxidation sites excluding steroid dienone is 1. The summed E-state index contributed by atoms with van der Waals surface area (Å²) in [6.45, 7) is 4.71. The molecule has 0 saturated heterocycles. The van der Waals surface area contributed by atoms with Crippen molar-refractivity contribution in [2.24, 2.45) is 0 Å². The summed E-state index contributed by atoms with van der Waals surface area (Å²) >= 11 is 0. The fraction of sp³-hybridized carbons (Fsp3) is 0.286. The Bertz CT molecular complexity index is 603. The van der Waals surface area contributed by atoms with Gasteiger partial charge in [-0.1, -0.05) is 11.6 Å². The van der Waals surface area contributed by atoms with E-state index in [2.05, 4.69) is 5.32 Å². The van der Waals surface area contributed by atoms with E-state index < -0.39 is 23.4 Å². The van der Waals surface area contributed by atoms with Crippen molar-refractivity contribution in [3.05, 3.63) is 45.5 Å². The highest BCUT2D eigenvalue weighted by molar-refractivity contribution is 5.94. The number of carbonyl (C=O) groups is 2. The van der Waals surface area contributed by atoms with Crippen LogP contribution < -0.4 is 5.32 Å². The molecule has 0 radical (unpaired) electrons. The standard InChI is InChI=1S/C14H16N2O5/c1-9(2)6-14(18)21-8-13(17)15-12-7-11(16(19)20)5-4-10(12)3/h4-7H,8H2,1-3H3,(H,15,17). The molecule has 0 fully saturated rings. The second kappa shape index (κ2) is 7.18. The number of amides is 1. The van der Waals surface area contributed by atoms with Gasteiger partial charge in [0.25, 0.3) is 11.6 Å². The fourth-order valence-electron chi connectivity index (χ4n) is 1.46. The van der Waals surface area contributed by atoms with Crippen LogP contribution in [0.5, 0.6) is 0 Å². The Morgan fingerprint density at radius 3 is 2.62 bits per heavy atom. The molecule has 7 nitrogen and oxygen atoms in total. The zero-order chi connectivity index (χ0) is 16.0. The van der Waals surface area contributed by atoms with Crippen LogP contribution in [0.15, 0.2) is 29.8 Å². The number of nitrogens with zero attached hydrogens (tertiary/aromatic N) is 1. The van der Waals surface area contributed by atoms with E-state index in [1.807, 2.05) is 0 Å². The third-order valence-electron chi connectivity index (χ3n) is 2.46. The minimum Gasteiger partial charge on any atom is -0.452 e. The molecule has 1 aromatic rings. The second-order valence-electron chi connectivity index (χ2n) is 4.63. The molecule has 1 rings (SSSR count). The molecule has 0 unspecified atom stereocenters. The van der Waals surface area contributed by atoms with E-state index in [0.717, 1.165) is 5.57 Å². The van der Waals surface area contributed by atoms with E-state index >= 15 is 0 Å². The summed E-state index contributed by atoms with van der Waals surface area (Å²) < 4.78 is 4.74. The smallest absolute Gasteiger partial charge is 0.331 e. The lowest BCUT2D eigenvalue weighted by Crippen LogP contribution is -2.20. The zero-order valence-corrected chi connectivity index (χ0v) is 12.0. The van der Waals surface area contributed by atoms with Crippen LogP contribution in [0.2, 0.25) is 0 Å². The van der Waals surface area contributed by atoms with E-state index in [9.17, 15) is 19.7 Å². The minimum absolute atomic E-state index is 0.127. The number of ether oxygens (including phenoxy) is 1. The van der Waals surface area contributed by atoms with Crippen LogP contribution in [-0.2, 0) is 14.3 Å². The average Bonchev–Trinajstić information content (AvgIpc) is 2.38. The van der Waals surface area contributed by atoms with Crippen molar-refractivity contribution in [3.8, 4) is 0 Å². The number of hydrogen-bond donors (Lipinski definition) is 1. The Balaban J connectivity index is 2.67. The molecule has 0 aliphatic heterocycles. The Morgan fingerprint density at radius 2 is 2.05 bits per heavy atom. The fourth-order valence-corrected chi connectivity index (χ4v) is 1.46. The third-order valence-corrected chi connectivity index (χ3v) is 2.46. The van der Waals surface area contributed by atoms with Gasteiger partial charge in [-0.3, -0.25) is 14.9 Å². The number of hydrogen-bond acceptors (Lipinski definition) is 5. The summed E-state index contributed by atoms with van der Waals surface area (Å²) in [4.78, 5) is 33.0. The van der Waals surface area contributed by atoms with Gasteiger partial charge < -0.3 is 10.1 Å². The highest BCUT2D eigenvalue weighted by Gasteiger charge is 2.12. The molecule has 21 heavy (non-hydrogen) atoms. The SMILES string of the molecule is CC(C)=CC(=O)OCC(=O)Nc1cc([N+](=O)[O-])ccc1C. The monoisotopic (exact) mass is 292 g/mol. The van der Waals surface area contributed by atoms with E-state index in [-0.39, 0.29) is 5.69 Å². The lowest BCUT2D eigenvalue weighted by molar-refractivity contribution is -0.384. The molecule has 0 aliphatic rings. The van der Waals surface area contributed by atoms with Gasteiger partial charge in [-0.2, -0.15) is 0 Å². The number of benzene rings is 1. The molecule has 7 heteroatoms. The van der Waals surface area contributed by atoms with Crippen LogP contribution in [0.3, 0.4) is 0 Å². The van der Waals surface area contributed by atoms with Crippen molar-refractivity contribution >= 4 is 23.3 Å². The Morgan fingerprint density at radius 1 is 1.38 bits per heavy atom. The first-order valence-electron chi connectivity index (χ1n) is 6.16. The van der Waals surface area contributed by atoms with Crippen LogP contribution in [-0.4, -0.2) is 23.4 Å². The van der Waals surface area contributed by atoms with Crippen molar-refractivity contribution in [2.45, 2.75) is 20.8 Å². The third kappa shape index (κ3) is 5.43. The van der Waals surface area contributed by atoms with Crippen LogP contribution in [0.1, 0.15) is 19.4 Å². The first-order chi connectivity index (χ1) is 9.79. The van der Waals surface area contributed by atoms with Gasteiger partial charge in [0.1, 0.15) is 0 Å². The number of nitrogens with one attached hydrogen (secondary N) is 1. The molecular weight excluding hydrogens is 276 g/mol. The largest absolute Gasteiger partial charge is 0.452 e. The van der Waals surface area contributed by atoms with Crippen LogP contribution in [0.4, 0.5) is 11.4 Å². The van der Waals surface area contributed by atoms with E-state index in [1.54, 1.807) is 20.8 Å². The molecule has 0 aliphatic carbocycles. The second-order valence-corrected chi connectivity index (χ2v) is 4.63. The van der Waals surface area contributed by atoms with Crippen LogP contribution in [0.25, 0.3) is 0 Å². The van der Waals surface area contributed by atoms with Crippen molar-refractivity contribution in [1.82, 2.24) is 0 Å². The Hall–Kier alpha value is -2.70. The summed E-state index contributed by atoms with van der Waals surface area (Å²) in [5.74, 6) is -1.17. The minimum atomic E-state index is -0.610. The molecule has 0 saturated carbocycles. The number of aryl methyl sites for hydroxylation is 1. The van der Waals surface area contributed by atoms with Gasteiger partial charge in [-0.25, -0.2) is 4.79 Å². The topological polar surface area (TPSA) is 98.5 Å². The predicted octanol–water partition coefficient (Wildman–Crippen LogP) is 2.35. The van der Waals surface area contributed by atoms with Gasteiger partial charge in [0.05, 0.1) is 10.6 Å².